The summed E-state index contributed by atoms with van der Waals surface area (Å²) in [5.41, 5.74) is 4.51. The Morgan fingerprint density at radius 1 is 1.04 bits per heavy atom. The van der Waals surface area contributed by atoms with Crippen LogP contribution in [0.2, 0.25) is 0 Å². The molecule has 0 aliphatic carbocycles. The number of aliphatic hydroxyl groups excluding tert-OH is 1. The van der Waals surface area contributed by atoms with Crippen molar-refractivity contribution in [3.63, 3.8) is 0 Å². The number of fused-ring (bicyclic) bond motifs is 1. The Labute approximate surface area is 159 Å². The van der Waals surface area contributed by atoms with Crippen LogP contribution in [0, 0.1) is 0 Å². The lowest BCUT2D eigenvalue weighted by Gasteiger charge is -2.30. The predicted molar refractivity (Wildman–Crippen MR) is 104 cm³/mol. The highest BCUT2D eigenvalue weighted by Gasteiger charge is 2.23. The van der Waals surface area contributed by atoms with Crippen LogP contribution in [-0.2, 0) is 25.8 Å². The Kier molecular flexibility index (Phi) is 5.07. The van der Waals surface area contributed by atoms with E-state index in [1.807, 2.05) is 24.3 Å². The summed E-state index contributed by atoms with van der Waals surface area (Å²) in [6, 6.07) is 12.3. The number of hydrogen-bond acceptors (Lipinski definition) is 6. The average Bonchev–Trinajstić information content (AvgIpc) is 2.73. The zero-order valence-corrected chi connectivity index (χ0v) is 15.5. The summed E-state index contributed by atoms with van der Waals surface area (Å²) in [6.07, 6.45) is 3.92. The van der Waals surface area contributed by atoms with Gasteiger partial charge in [0.1, 0.15) is 17.5 Å². The maximum atomic E-state index is 9.14. The Morgan fingerprint density at radius 2 is 1.89 bits per heavy atom. The summed E-state index contributed by atoms with van der Waals surface area (Å²) in [5.74, 6) is 2.43. The molecule has 0 bridgehead atoms. The van der Waals surface area contributed by atoms with Gasteiger partial charge in [0.25, 0.3) is 0 Å². The maximum absolute atomic E-state index is 9.14. The van der Waals surface area contributed by atoms with Crippen LogP contribution in [-0.4, -0.2) is 38.2 Å². The molecule has 4 rings (SSSR count). The van der Waals surface area contributed by atoms with Gasteiger partial charge < -0.3 is 10.0 Å². The first-order valence-corrected chi connectivity index (χ1v) is 9.40. The molecule has 1 N–H and O–H groups in total. The van der Waals surface area contributed by atoms with Gasteiger partial charge in [0.2, 0.25) is 0 Å². The molecular formula is C21H23N5O. The Balaban J connectivity index is 1.69. The Bertz CT molecular complexity index is 929. The lowest BCUT2D eigenvalue weighted by atomic mass is 9.98. The fourth-order valence-electron chi connectivity index (χ4n) is 3.45. The van der Waals surface area contributed by atoms with E-state index in [-0.39, 0.29) is 6.61 Å². The number of rotatable bonds is 5. The molecule has 2 aromatic heterocycles. The van der Waals surface area contributed by atoms with E-state index in [4.69, 9.17) is 15.1 Å². The van der Waals surface area contributed by atoms with Gasteiger partial charge in [-0.3, -0.25) is 0 Å². The lowest BCUT2D eigenvalue weighted by Crippen LogP contribution is -2.33. The molecule has 0 saturated carbocycles. The predicted octanol–water partition coefficient (Wildman–Crippen LogP) is 2.59. The van der Waals surface area contributed by atoms with Crippen LogP contribution < -0.4 is 4.90 Å². The number of nitrogens with zero attached hydrogens (tertiary/aromatic N) is 5. The van der Waals surface area contributed by atoms with Crippen molar-refractivity contribution in [3.05, 3.63) is 65.5 Å². The van der Waals surface area contributed by atoms with Crippen molar-refractivity contribution in [1.29, 1.82) is 0 Å². The number of aliphatic hydroxyl groups is 1. The summed E-state index contributed by atoms with van der Waals surface area (Å²) in [4.78, 5) is 20.7. The molecule has 0 fully saturated rings. The second kappa shape index (κ2) is 7.80. The molecule has 0 spiro atoms. The third-order valence-corrected chi connectivity index (χ3v) is 4.83. The third-order valence-electron chi connectivity index (χ3n) is 4.83. The minimum Gasteiger partial charge on any atom is -0.396 e. The van der Waals surface area contributed by atoms with E-state index in [0.717, 1.165) is 48.0 Å². The Hall–Kier alpha value is -2.86. The number of hydrogen-bond donors (Lipinski definition) is 1. The molecule has 1 aliphatic heterocycles. The van der Waals surface area contributed by atoms with Crippen molar-refractivity contribution in [3.8, 4) is 11.3 Å². The van der Waals surface area contributed by atoms with E-state index in [2.05, 4.69) is 33.9 Å². The molecule has 27 heavy (non-hydrogen) atoms. The molecule has 1 aromatic carbocycles. The molecule has 0 unspecified atom stereocenters. The fourth-order valence-corrected chi connectivity index (χ4v) is 3.45. The minimum atomic E-state index is 0.0554. The molecular weight excluding hydrogens is 338 g/mol. The van der Waals surface area contributed by atoms with Gasteiger partial charge in [-0.1, -0.05) is 37.3 Å². The van der Waals surface area contributed by atoms with Crippen LogP contribution in [0.4, 0.5) is 5.82 Å². The maximum Gasteiger partial charge on any atom is 0.132 e. The molecule has 3 heterocycles. The Morgan fingerprint density at radius 3 is 2.67 bits per heavy atom. The zero-order chi connectivity index (χ0) is 18.6. The van der Waals surface area contributed by atoms with Gasteiger partial charge in [0.05, 0.1) is 24.5 Å². The van der Waals surface area contributed by atoms with Gasteiger partial charge >= 0.3 is 0 Å². The van der Waals surface area contributed by atoms with Crippen LogP contribution in [0.5, 0.6) is 0 Å². The summed E-state index contributed by atoms with van der Waals surface area (Å²) >= 11 is 0. The highest BCUT2D eigenvalue weighted by molar-refractivity contribution is 5.65. The molecule has 0 atom stereocenters. The van der Waals surface area contributed by atoms with E-state index in [0.29, 0.717) is 18.8 Å². The van der Waals surface area contributed by atoms with Crippen LogP contribution >= 0.6 is 0 Å². The van der Waals surface area contributed by atoms with E-state index < -0.39 is 0 Å². The number of anilines is 1. The number of aryl methyl sites for hydroxylation is 1. The van der Waals surface area contributed by atoms with Gasteiger partial charge in [-0.05, 0) is 12.5 Å². The van der Waals surface area contributed by atoms with E-state index >= 15 is 0 Å². The first-order chi connectivity index (χ1) is 13.3. The molecule has 6 heteroatoms. The number of benzene rings is 1. The largest absolute Gasteiger partial charge is 0.396 e. The lowest BCUT2D eigenvalue weighted by molar-refractivity contribution is 0.296. The molecule has 6 nitrogen and oxygen atoms in total. The summed E-state index contributed by atoms with van der Waals surface area (Å²) in [7, 11) is 0. The van der Waals surface area contributed by atoms with Crippen LogP contribution in [0.25, 0.3) is 11.3 Å². The molecule has 0 saturated heterocycles. The SMILES string of the molecule is CCc1nc2c(c(-c3ccccc3)n1)CCN(c1ccnc(CCO)n1)C2. The molecule has 0 amide bonds. The minimum absolute atomic E-state index is 0.0554. The van der Waals surface area contributed by atoms with Crippen LogP contribution in [0.3, 0.4) is 0 Å². The van der Waals surface area contributed by atoms with Gasteiger partial charge in [-0.25, -0.2) is 19.9 Å². The monoisotopic (exact) mass is 361 g/mol. The van der Waals surface area contributed by atoms with Gasteiger partial charge in [-0.15, -0.1) is 0 Å². The first kappa shape index (κ1) is 17.5. The van der Waals surface area contributed by atoms with Gasteiger partial charge in [0, 0.05) is 36.7 Å². The quantitative estimate of drug-likeness (QED) is 0.753. The highest BCUT2D eigenvalue weighted by Crippen LogP contribution is 2.29. The molecule has 1 aliphatic rings. The standard InChI is InChI=1S/C21H23N5O/c1-2-18-23-17-14-26(20-8-11-22-19(24-20)10-13-27)12-9-16(17)21(25-18)15-6-4-3-5-7-15/h3-8,11,27H,2,9-10,12-14H2,1H3. The molecule has 0 radical (unpaired) electrons. The van der Waals surface area contributed by atoms with E-state index in [1.165, 1.54) is 5.56 Å². The third kappa shape index (κ3) is 3.66. The summed E-state index contributed by atoms with van der Waals surface area (Å²) in [6.45, 7) is 3.71. The summed E-state index contributed by atoms with van der Waals surface area (Å²) in [5, 5.41) is 9.14. The number of aromatic nitrogens is 4. The normalized spacial score (nSPS) is 13.5. The zero-order valence-electron chi connectivity index (χ0n) is 15.5. The van der Waals surface area contributed by atoms with Gasteiger partial charge in [-0.2, -0.15) is 0 Å². The van der Waals surface area contributed by atoms with E-state index in [9.17, 15) is 0 Å². The second-order valence-corrected chi connectivity index (χ2v) is 6.61. The fraction of sp³-hybridized carbons (Fsp3) is 0.333. The van der Waals surface area contributed by atoms with Crippen LogP contribution in [0.1, 0.15) is 29.8 Å². The highest BCUT2D eigenvalue weighted by atomic mass is 16.3. The van der Waals surface area contributed by atoms with E-state index in [1.54, 1.807) is 6.20 Å². The van der Waals surface area contributed by atoms with Crippen LogP contribution in [0.15, 0.2) is 42.6 Å². The van der Waals surface area contributed by atoms with Crippen molar-refractivity contribution in [1.82, 2.24) is 19.9 Å². The van der Waals surface area contributed by atoms with Crippen molar-refractivity contribution >= 4 is 5.82 Å². The van der Waals surface area contributed by atoms with Crippen molar-refractivity contribution < 1.29 is 5.11 Å². The smallest absolute Gasteiger partial charge is 0.132 e. The molecule has 3 aromatic rings. The second-order valence-electron chi connectivity index (χ2n) is 6.61. The topological polar surface area (TPSA) is 75.0 Å². The van der Waals surface area contributed by atoms with Crippen molar-refractivity contribution in [2.75, 3.05) is 18.1 Å². The van der Waals surface area contributed by atoms with Gasteiger partial charge in [0.15, 0.2) is 0 Å². The van der Waals surface area contributed by atoms with Crippen molar-refractivity contribution in [2.24, 2.45) is 0 Å². The molecule has 138 valence electrons. The summed E-state index contributed by atoms with van der Waals surface area (Å²) < 4.78 is 0. The van der Waals surface area contributed by atoms with Crippen molar-refractivity contribution in [2.45, 2.75) is 32.7 Å². The average molecular weight is 361 g/mol. The first-order valence-electron chi connectivity index (χ1n) is 9.40.